The molecular formula is C10H10ClF2NO2. The van der Waals surface area contributed by atoms with E-state index in [2.05, 4.69) is 4.98 Å². The number of ether oxygens (including phenoxy) is 1. The number of hydrogen-bond acceptors (Lipinski definition) is 3. The number of carbonyl (C=O) groups is 1. The topological polar surface area (TPSA) is 39.2 Å². The van der Waals surface area contributed by atoms with Gasteiger partial charge in [-0.25, -0.2) is 18.6 Å². The van der Waals surface area contributed by atoms with Crippen LogP contribution in [0.15, 0.2) is 6.07 Å². The fourth-order valence-electron chi connectivity index (χ4n) is 1.23. The molecule has 0 bridgehead atoms. The fourth-order valence-corrected chi connectivity index (χ4v) is 1.43. The first-order valence-corrected chi connectivity index (χ1v) is 4.97. The number of esters is 1. The second-order valence-electron chi connectivity index (χ2n) is 3.02. The lowest BCUT2D eigenvalue weighted by atomic mass is 10.1. The van der Waals surface area contributed by atoms with Crippen molar-refractivity contribution in [1.29, 1.82) is 0 Å². The third-order valence-corrected chi connectivity index (χ3v) is 2.17. The Morgan fingerprint density at radius 3 is 2.75 bits per heavy atom. The third-order valence-electron chi connectivity index (χ3n) is 1.98. The Balaban J connectivity index is 3.24. The van der Waals surface area contributed by atoms with E-state index in [4.69, 9.17) is 16.3 Å². The molecule has 16 heavy (non-hydrogen) atoms. The van der Waals surface area contributed by atoms with Gasteiger partial charge in [0.1, 0.15) is 10.8 Å². The first-order valence-electron chi connectivity index (χ1n) is 4.59. The lowest BCUT2D eigenvalue weighted by Gasteiger charge is -2.09. The third kappa shape index (κ3) is 2.66. The first-order chi connectivity index (χ1) is 7.47. The number of hydrogen-bond donors (Lipinski definition) is 0. The van der Waals surface area contributed by atoms with E-state index < -0.39 is 18.1 Å². The molecule has 0 aliphatic rings. The average Bonchev–Trinajstić information content (AvgIpc) is 2.20. The highest BCUT2D eigenvalue weighted by atomic mass is 35.5. The van der Waals surface area contributed by atoms with E-state index in [-0.39, 0.29) is 22.9 Å². The summed E-state index contributed by atoms with van der Waals surface area (Å²) in [6, 6.07) is 1.22. The molecule has 0 aliphatic heterocycles. The predicted molar refractivity (Wildman–Crippen MR) is 54.9 cm³/mol. The second kappa shape index (κ2) is 5.21. The molecule has 88 valence electrons. The average molecular weight is 250 g/mol. The SMILES string of the molecule is CCOC(=O)c1cc(Cl)nc(C(F)F)c1C. The molecule has 6 heteroatoms. The normalized spacial score (nSPS) is 10.6. The van der Waals surface area contributed by atoms with Gasteiger partial charge in [-0.05, 0) is 25.5 Å². The maximum Gasteiger partial charge on any atom is 0.338 e. The molecule has 1 rings (SSSR count). The fraction of sp³-hybridized carbons (Fsp3) is 0.400. The lowest BCUT2D eigenvalue weighted by Crippen LogP contribution is -2.10. The van der Waals surface area contributed by atoms with Crippen molar-refractivity contribution in [3.63, 3.8) is 0 Å². The summed E-state index contributed by atoms with van der Waals surface area (Å²) in [5.41, 5.74) is -0.370. The number of alkyl halides is 2. The monoisotopic (exact) mass is 249 g/mol. The minimum atomic E-state index is -2.77. The molecule has 0 radical (unpaired) electrons. The molecule has 0 atom stereocenters. The summed E-state index contributed by atoms with van der Waals surface area (Å²) in [5.74, 6) is -0.675. The van der Waals surface area contributed by atoms with Crippen molar-refractivity contribution in [1.82, 2.24) is 4.98 Å². The molecule has 0 aromatic carbocycles. The van der Waals surface area contributed by atoms with Crippen LogP contribution in [0.1, 0.15) is 35.0 Å². The van der Waals surface area contributed by atoms with E-state index in [0.717, 1.165) is 0 Å². The van der Waals surface area contributed by atoms with Crippen LogP contribution in [0.25, 0.3) is 0 Å². The van der Waals surface area contributed by atoms with Crippen molar-refractivity contribution in [3.8, 4) is 0 Å². The summed E-state index contributed by atoms with van der Waals surface area (Å²) < 4.78 is 29.9. The Hall–Kier alpha value is -1.23. The number of carbonyl (C=O) groups excluding carboxylic acids is 1. The lowest BCUT2D eigenvalue weighted by molar-refractivity contribution is 0.0524. The quantitative estimate of drug-likeness (QED) is 0.610. The van der Waals surface area contributed by atoms with Gasteiger partial charge in [-0.3, -0.25) is 0 Å². The first kappa shape index (κ1) is 12.8. The van der Waals surface area contributed by atoms with Crippen molar-refractivity contribution in [2.75, 3.05) is 6.61 Å². The molecule has 1 aromatic rings. The van der Waals surface area contributed by atoms with Crippen LogP contribution in [-0.4, -0.2) is 17.6 Å². The van der Waals surface area contributed by atoms with Gasteiger partial charge in [-0.2, -0.15) is 0 Å². The molecular weight excluding hydrogens is 240 g/mol. The molecule has 0 saturated heterocycles. The Morgan fingerprint density at radius 1 is 1.62 bits per heavy atom. The standard InChI is InChI=1S/C10H10ClF2NO2/c1-3-16-10(15)6-4-7(11)14-8(5(6)2)9(12)13/h4,9H,3H2,1-2H3. The number of halogens is 3. The van der Waals surface area contributed by atoms with Gasteiger partial charge in [0.15, 0.2) is 0 Å². The van der Waals surface area contributed by atoms with E-state index in [1.54, 1.807) is 6.92 Å². The zero-order valence-corrected chi connectivity index (χ0v) is 9.52. The number of rotatable bonds is 3. The number of aromatic nitrogens is 1. The number of pyridine rings is 1. The van der Waals surface area contributed by atoms with Crippen LogP contribution in [0.4, 0.5) is 8.78 Å². The molecule has 1 heterocycles. The summed E-state index contributed by atoms with van der Waals surface area (Å²) in [6.07, 6.45) is -2.77. The molecule has 3 nitrogen and oxygen atoms in total. The zero-order chi connectivity index (χ0) is 12.3. The van der Waals surface area contributed by atoms with E-state index in [1.807, 2.05) is 0 Å². The second-order valence-corrected chi connectivity index (χ2v) is 3.41. The van der Waals surface area contributed by atoms with Crippen LogP contribution in [0.3, 0.4) is 0 Å². The minimum Gasteiger partial charge on any atom is -0.462 e. The summed E-state index contributed by atoms with van der Waals surface area (Å²) >= 11 is 5.56. The zero-order valence-electron chi connectivity index (χ0n) is 8.76. The van der Waals surface area contributed by atoms with Crippen LogP contribution < -0.4 is 0 Å². The summed E-state index contributed by atoms with van der Waals surface area (Å²) in [5, 5.41) is -0.149. The molecule has 1 aromatic heterocycles. The molecule has 0 N–H and O–H groups in total. The van der Waals surface area contributed by atoms with Gasteiger partial charge >= 0.3 is 5.97 Å². The number of nitrogens with zero attached hydrogens (tertiary/aromatic N) is 1. The maximum atomic E-state index is 12.6. The molecule has 0 amide bonds. The predicted octanol–water partition coefficient (Wildman–Crippen LogP) is 3.16. The Kier molecular flexibility index (Phi) is 4.18. The largest absolute Gasteiger partial charge is 0.462 e. The molecule has 0 aliphatic carbocycles. The van der Waals surface area contributed by atoms with Crippen molar-refractivity contribution in [3.05, 3.63) is 28.0 Å². The summed E-state index contributed by atoms with van der Waals surface area (Å²) in [6.45, 7) is 3.18. The highest BCUT2D eigenvalue weighted by Crippen LogP contribution is 2.25. The van der Waals surface area contributed by atoms with Gasteiger partial charge in [-0.1, -0.05) is 11.6 Å². The van der Waals surface area contributed by atoms with Gasteiger partial charge in [0.25, 0.3) is 6.43 Å². The van der Waals surface area contributed by atoms with E-state index in [0.29, 0.717) is 0 Å². The van der Waals surface area contributed by atoms with Crippen LogP contribution in [0.2, 0.25) is 5.15 Å². The molecule has 0 spiro atoms. The van der Waals surface area contributed by atoms with E-state index >= 15 is 0 Å². The minimum absolute atomic E-state index is 0.0251. The van der Waals surface area contributed by atoms with Crippen molar-refractivity contribution in [2.45, 2.75) is 20.3 Å². The van der Waals surface area contributed by atoms with Gasteiger partial charge < -0.3 is 4.74 Å². The summed E-state index contributed by atoms with van der Waals surface area (Å²) in [7, 11) is 0. The highest BCUT2D eigenvalue weighted by Gasteiger charge is 2.20. The van der Waals surface area contributed by atoms with Crippen molar-refractivity contribution in [2.24, 2.45) is 0 Å². The van der Waals surface area contributed by atoms with Crippen LogP contribution in [-0.2, 0) is 4.74 Å². The van der Waals surface area contributed by atoms with Crippen molar-refractivity contribution < 1.29 is 18.3 Å². The van der Waals surface area contributed by atoms with Crippen LogP contribution >= 0.6 is 11.6 Å². The van der Waals surface area contributed by atoms with Crippen molar-refractivity contribution >= 4 is 17.6 Å². The Labute approximate surface area is 96.4 Å². The maximum absolute atomic E-state index is 12.6. The molecule has 0 unspecified atom stereocenters. The smallest absolute Gasteiger partial charge is 0.338 e. The van der Waals surface area contributed by atoms with Crippen LogP contribution in [0.5, 0.6) is 0 Å². The highest BCUT2D eigenvalue weighted by molar-refractivity contribution is 6.29. The van der Waals surface area contributed by atoms with Gasteiger partial charge in [0.2, 0.25) is 0 Å². The van der Waals surface area contributed by atoms with E-state index in [9.17, 15) is 13.6 Å². The molecule has 0 fully saturated rings. The van der Waals surface area contributed by atoms with Gasteiger partial charge in [-0.15, -0.1) is 0 Å². The molecule has 0 saturated carbocycles. The Morgan fingerprint density at radius 2 is 2.25 bits per heavy atom. The van der Waals surface area contributed by atoms with Crippen LogP contribution in [0, 0.1) is 6.92 Å². The van der Waals surface area contributed by atoms with Gasteiger partial charge in [0, 0.05) is 0 Å². The Bertz CT molecular complexity index is 410. The summed E-state index contributed by atoms with van der Waals surface area (Å²) in [4.78, 5) is 14.9. The van der Waals surface area contributed by atoms with E-state index in [1.165, 1.54) is 13.0 Å². The van der Waals surface area contributed by atoms with Gasteiger partial charge in [0.05, 0.1) is 12.2 Å².